The molecule has 9 heteroatoms. The highest BCUT2D eigenvalue weighted by molar-refractivity contribution is 7.16. The number of carbonyl (C=O) groups is 3. The van der Waals surface area contributed by atoms with Crippen LogP contribution in [0.15, 0.2) is 46.8 Å². The number of nitrogens with zero attached hydrogens (tertiary/aromatic N) is 2. The molecule has 0 saturated carbocycles. The fourth-order valence-corrected chi connectivity index (χ4v) is 4.35. The van der Waals surface area contributed by atoms with Crippen LogP contribution in [0.5, 0.6) is 0 Å². The Morgan fingerprint density at radius 3 is 2.63 bits per heavy atom. The quantitative estimate of drug-likeness (QED) is 0.410. The van der Waals surface area contributed by atoms with Gasteiger partial charge in [0.25, 0.3) is 5.91 Å². The zero-order chi connectivity index (χ0) is 21.5. The van der Waals surface area contributed by atoms with Gasteiger partial charge in [-0.1, -0.05) is 17.4 Å². The summed E-state index contributed by atoms with van der Waals surface area (Å²) in [5.41, 5.74) is 1.07. The molecule has 7 nitrogen and oxygen atoms in total. The number of aromatic nitrogens is 1. The molecule has 1 aromatic carbocycles. The van der Waals surface area contributed by atoms with Gasteiger partial charge in [-0.25, -0.2) is 4.79 Å². The standard InChI is InChI=1S/C21H20N2O5S2/c1-3-27-19(25)13-23-16-9-7-14(20(26)28-4-2)12-17(16)30-21(23)22-18(24)10-8-15-6-5-11-29-15/h5-12H,3-4,13H2,1-2H3/b10-8+,22-21?. The van der Waals surface area contributed by atoms with Crippen LogP contribution in [-0.4, -0.2) is 35.6 Å². The average molecular weight is 445 g/mol. The third-order valence-corrected chi connectivity index (χ3v) is 5.80. The van der Waals surface area contributed by atoms with E-state index in [1.54, 1.807) is 42.7 Å². The lowest BCUT2D eigenvalue weighted by molar-refractivity contribution is -0.143. The second-order valence-corrected chi connectivity index (χ2v) is 7.97. The van der Waals surface area contributed by atoms with Crippen LogP contribution in [-0.2, 0) is 25.6 Å². The first kappa shape index (κ1) is 21.7. The molecule has 30 heavy (non-hydrogen) atoms. The number of hydrogen-bond acceptors (Lipinski definition) is 7. The van der Waals surface area contributed by atoms with Gasteiger partial charge in [-0.3, -0.25) is 9.59 Å². The van der Waals surface area contributed by atoms with Gasteiger partial charge in [-0.2, -0.15) is 4.99 Å². The second kappa shape index (κ2) is 10.1. The van der Waals surface area contributed by atoms with E-state index in [1.165, 1.54) is 28.7 Å². The number of benzene rings is 1. The molecule has 1 amide bonds. The van der Waals surface area contributed by atoms with Crippen molar-refractivity contribution in [1.29, 1.82) is 0 Å². The zero-order valence-electron chi connectivity index (χ0n) is 16.5. The molecule has 156 valence electrons. The van der Waals surface area contributed by atoms with Crippen LogP contribution in [0.3, 0.4) is 0 Å². The van der Waals surface area contributed by atoms with Crippen molar-refractivity contribution >= 4 is 56.8 Å². The van der Waals surface area contributed by atoms with Gasteiger partial charge in [0.2, 0.25) is 0 Å². The Kier molecular flexibility index (Phi) is 7.31. The average Bonchev–Trinajstić information content (AvgIpc) is 3.35. The number of ether oxygens (including phenoxy) is 2. The predicted octanol–water partition coefficient (Wildman–Crippen LogP) is 3.64. The van der Waals surface area contributed by atoms with Gasteiger partial charge >= 0.3 is 11.9 Å². The number of thiophene rings is 1. The lowest BCUT2D eigenvalue weighted by Crippen LogP contribution is -2.22. The van der Waals surface area contributed by atoms with E-state index in [0.717, 1.165) is 4.88 Å². The first-order valence-corrected chi connectivity index (χ1v) is 11.0. The van der Waals surface area contributed by atoms with E-state index in [-0.39, 0.29) is 19.8 Å². The smallest absolute Gasteiger partial charge is 0.338 e. The second-order valence-electron chi connectivity index (χ2n) is 5.98. The van der Waals surface area contributed by atoms with Crippen LogP contribution in [0.1, 0.15) is 29.1 Å². The van der Waals surface area contributed by atoms with Crippen LogP contribution in [0, 0.1) is 0 Å². The topological polar surface area (TPSA) is 87.0 Å². The number of thiazole rings is 1. The molecule has 3 rings (SSSR count). The molecule has 0 spiro atoms. The number of rotatable bonds is 7. The van der Waals surface area contributed by atoms with Crippen LogP contribution in [0.25, 0.3) is 16.3 Å². The van der Waals surface area contributed by atoms with Gasteiger partial charge in [0.05, 0.1) is 29.0 Å². The highest BCUT2D eigenvalue weighted by atomic mass is 32.1. The first-order valence-electron chi connectivity index (χ1n) is 9.28. The SMILES string of the molecule is CCOC(=O)Cn1c(=NC(=O)/C=C/c2cccs2)sc2cc(C(=O)OCC)ccc21. The van der Waals surface area contributed by atoms with Crippen molar-refractivity contribution in [2.75, 3.05) is 13.2 Å². The van der Waals surface area contributed by atoms with Crippen LogP contribution < -0.4 is 4.80 Å². The molecule has 0 saturated heterocycles. The molecule has 0 atom stereocenters. The fourth-order valence-electron chi connectivity index (χ4n) is 2.66. The molecule has 2 heterocycles. The molecule has 0 bridgehead atoms. The van der Waals surface area contributed by atoms with Crippen molar-refractivity contribution in [3.63, 3.8) is 0 Å². The summed E-state index contributed by atoms with van der Waals surface area (Å²) in [6.45, 7) is 3.90. The summed E-state index contributed by atoms with van der Waals surface area (Å²) in [5.74, 6) is -1.31. The van der Waals surface area contributed by atoms with E-state index < -0.39 is 17.8 Å². The Bertz CT molecular complexity index is 1160. The maximum Gasteiger partial charge on any atom is 0.338 e. The van der Waals surface area contributed by atoms with Crippen LogP contribution in [0.2, 0.25) is 0 Å². The Morgan fingerprint density at radius 1 is 1.13 bits per heavy atom. The minimum Gasteiger partial charge on any atom is -0.465 e. The summed E-state index contributed by atoms with van der Waals surface area (Å²) in [5, 5.41) is 1.92. The number of carbonyl (C=O) groups excluding carboxylic acids is 3. The van der Waals surface area contributed by atoms with Gasteiger partial charge in [0, 0.05) is 11.0 Å². The van der Waals surface area contributed by atoms with E-state index in [0.29, 0.717) is 20.6 Å². The maximum atomic E-state index is 12.4. The van der Waals surface area contributed by atoms with E-state index in [4.69, 9.17) is 9.47 Å². The lowest BCUT2D eigenvalue weighted by atomic mass is 10.2. The molecule has 0 N–H and O–H groups in total. The molecule has 0 aliphatic heterocycles. The van der Waals surface area contributed by atoms with Crippen molar-refractivity contribution in [3.05, 3.63) is 57.0 Å². The van der Waals surface area contributed by atoms with E-state index in [1.807, 2.05) is 17.5 Å². The molecule has 0 radical (unpaired) electrons. The Morgan fingerprint density at radius 2 is 1.93 bits per heavy atom. The summed E-state index contributed by atoms with van der Waals surface area (Å²) in [6, 6.07) is 8.79. The molecular formula is C21H20N2O5S2. The van der Waals surface area contributed by atoms with Gasteiger partial charge in [-0.15, -0.1) is 11.3 Å². The Labute approximate surface area is 180 Å². The van der Waals surface area contributed by atoms with Gasteiger partial charge in [0.1, 0.15) is 6.54 Å². The van der Waals surface area contributed by atoms with E-state index in [2.05, 4.69) is 4.99 Å². The molecule has 3 aromatic rings. The lowest BCUT2D eigenvalue weighted by Gasteiger charge is -2.05. The molecule has 0 aliphatic rings. The van der Waals surface area contributed by atoms with Crippen LogP contribution >= 0.6 is 22.7 Å². The normalized spacial score (nSPS) is 11.9. The summed E-state index contributed by atoms with van der Waals surface area (Å²) < 4.78 is 12.4. The Balaban J connectivity index is 2.02. The predicted molar refractivity (Wildman–Crippen MR) is 116 cm³/mol. The molecule has 0 fully saturated rings. The number of fused-ring (bicyclic) bond motifs is 1. The minimum absolute atomic E-state index is 0.0899. The first-order chi connectivity index (χ1) is 14.5. The summed E-state index contributed by atoms with van der Waals surface area (Å²) >= 11 is 2.73. The molecule has 2 aromatic heterocycles. The Hall–Kier alpha value is -3.04. The highest BCUT2D eigenvalue weighted by Crippen LogP contribution is 2.20. The zero-order valence-corrected chi connectivity index (χ0v) is 18.1. The molecule has 0 aliphatic carbocycles. The van der Waals surface area contributed by atoms with Crippen molar-refractivity contribution in [2.45, 2.75) is 20.4 Å². The van der Waals surface area contributed by atoms with E-state index in [9.17, 15) is 14.4 Å². The number of hydrogen-bond donors (Lipinski definition) is 0. The summed E-state index contributed by atoms with van der Waals surface area (Å²) in [4.78, 5) is 41.9. The van der Waals surface area contributed by atoms with Gasteiger partial charge in [-0.05, 0) is 49.6 Å². The maximum absolute atomic E-state index is 12.4. The summed E-state index contributed by atoms with van der Waals surface area (Å²) in [7, 11) is 0. The number of esters is 2. The van der Waals surface area contributed by atoms with Crippen molar-refractivity contribution in [1.82, 2.24) is 4.57 Å². The van der Waals surface area contributed by atoms with Gasteiger partial charge < -0.3 is 14.0 Å². The van der Waals surface area contributed by atoms with Crippen molar-refractivity contribution < 1.29 is 23.9 Å². The van der Waals surface area contributed by atoms with Crippen LogP contribution in [0.4, 0.5) is 0 Å². The van der Waals surface area contributed by atoms with Gasteiger partial charge in [0.15, 0.2) is 4.80 Å². The molecular weight excluding hydrogens is 424 g/mol. The largest absolute Gasteiger partial charge is 0.465 e. The van der Waals surface area contributed by atoms with E-state index >= 15 is 0 Å². The minimum atomic E-state index is -0.446. The highest BCUT2D eigenvalue weighted by Gasteiger charge is 2.14. The third kappa shape index (κ3) is 5.31. The summed E-state index contributed by atoms with van der Waals surface area (Å²) in [6.07, 6.45) is 3.08. The molecule has 0 unspecified atom stereocenters. The monoisotopic (exact) mass is 444 g/mol. The van der Waals surface area contributed by atoms with Crippen molar-refractivity contribution in [3.8, 4) is 0 Å². The third-order valence-electron chi connectivity index (χ3n) is 3.93. The fraction of sp³-hybridized carbons (Fsp3) is 0.238. The van der Waals surface area contributed by atoms with Crippen molar-refractivity contribution in [2.24, 2.45) is 4.99 Å². The number of amides is 1.